The highest BCUT2D eigenvalue weighted by atomic mass is 35.5. The van der Waals surface area contributed by atoms with E-state index in [-0.39, 0.29) is 12.7 Å². The third-order valence-electron chi connectivity index (χ3n) is 4.06. The first-order valence-electron chi connectivity index (χ1n) is 9.60. The van der Waals surface area contributed by atoms with Gasteiger partial charge in [-0.05, 0) is 33.8 Å². The molecular formula is C21H18ClF6N3O3. The van der Waals surface area contributed by atoms with Crippen LogP contribution in [0.3, 0.4) is 0 Å². The van der Waals surface area contributed by atoms with Crippen molar-refractivity contribution in [3.8, 4) is 0 Å². The van der Waals surface area contributed by atoms with E-state index < -0.39 is 80.3 Å². The molecule has 0 saturated carbocycles. The number of rotatable bonds is 7. The number of hydrogen-bond acceptors (Lipinski definition) is 6. The number of halogens is 7. The second-order valence-electron chi connectivity index (χ2n) is 7.82. The van der Waals surface area contributed by atoms with Crippen molar-refractivity contribution in [3.05, 3.63) is 51.7 Å². The van der Waals surface area contributed by atoms with Crippen LogP contribution in [-0.2, 0) is 9.53 Å². The monoisotopic (exact) mass is 509 g/mol. The normalized spacial score (nSPS) is 12.7. The molecule has 2 rings (SSSR count). The molecule has 0 aliphatic carbocycles. The van der Waals surface area contributed by atoms with Gasteiger partial charge in [0.15, 0.2) is 40.8 Å². The summed E-state index contributed by atoms with van der Waals surface area (Å²) in [5.74, 6) is -15.9. The summed E-state index contributed by atoms with van der Waals surface area (Å²) in [7, 11) is 0. The molecule has 0 spiro atoms. The van der Waals surface area contributed by atoms with Gasteiger partial charge in [-0.3, -0.25) is 9.59 Å². The maximum absolute atomic E-state index is 14.8. The predicted molar refractivity (Wildman–Crippen MR) is 111 cm³/mol. The van der Waals surface area contributed by atoms with E-state index in [0.717, 1.165) is 0 Å². The fourth-order valence-corrected chi connectivity index (χ4v) is 2.80. The Balaban J connectivity index is 2.58. The number of pyridine rings is 1. The number of anilines is 1. The van der Waals surface area contributed by atoms with Gasteiger partial charge in [0, 0.05) is 11.8 Å². The van der Waals surface area contributed by atoms with Gasteiger partial charge in [0.1, 0.15) is 10.7 Å². The largest absolute Gasteiger partial charge is 0.465 e. The lowest BCUT2D eigenvalue weighted by Crippen LogP contribution is -2.29. The summed E-state index contributed by atoms with van der Waals surface area (Å²) in [6.45, 7) is 5.71. The van der Waals surface area contributed by atoms with Crippen molar-refractivity contribution in [1.29, 1.82) is 0 Å². The molecule has 1 unspecified atom stereocenters. The summed E-state index contributed by atoms with van der Waals surface area (Å²) in [6.07, 6.45) is 0.429. The molecule has 0 aliphatic rings. The van der Waals surface area contributed by atoms with Crippen LogP contribution >= 0.6 is 11.6 Å². The molecule has 0 amide bonds. The number of carbonyl (C=O) groups is 2. The summed E-state index contributed by atoms with van der Waals surface area (Å²) >= 11 is 5.34. The average Bonchev–Trinajstić information content (AvgIpc) is 2.75. The quantitative estimate of drug-likeness (QED) is 0.0774. The third-order valence-corrected chi connectivity index (χ3v) is 4.39. The summed E-state index contributed by atoms with van der Waals surface area (Å²) in [6, 6.07) is 0.167. The Hall–Kier alpha value is -3.15. The molecule has 6 nitrogen and oxygen atoms in total. The summed E-state index contributed by atoms with van der Waals surface area (Å²) < 4.78 is 88.9. The number of aromatic nitrogens is 1. The van der Waals surface area contributed by atoms with Gasteiger partial charge in [-0.15, -0.1) is 0 Å². The van der Waals surface area contributed by atoms with Gasteiger partial charge in [0.05, 0.1) is 12.2 Å². The molecule has 184 valence electrons. The highest BCUT2D eigenvalue weighted by molar-refractivity contribution is 6.31. The van der Waals surface area contributed by atoms with Gasteiger partial charge in [-0.2, -0.15) is 13.8 Å². The topological polar surface area (TPSA) is 80.7 Å². The van der Waals surface area contributed by atoms with Gasteiger partial charge in [0.2, 0.25) is 5.82 Å². The molecule has 1 aromatic heterocycles. The molecule has 13 heteroatoms. The van der Waals surface area contributed by atoms with E-state index in [2.05, 4.69) is 20.0 Å². The summed E-state index contributed by atoms with van der Waals surface area (Å²) in [4.78, 5) is 31.5. The maximum Gasteiger partial charge on any atom is 0.322 e. The Morgan fingerprint density at radius 2 is 1.74 bits per heavy atom. The second kappa shape index (κ2) is 10.4. The number of nitrogens with one attached hydrogen (secondary N) is 1. The zero-order valence-corrected chi connectivity index (χ0v) is 19.0. The van der Waals surface area contributed by atoms with Crippen molar-refractivity contribution in [1.82, 2.24) is 4.98 Å². The number of Topliss-reactive ketones (excluding diaryl/α,β-unsaturated/α-hetero) is 1. The average molecular weight is 510 g/mol. The van der Waals surface area contributed by atoms with E-state index in [9.17, 15) is 35.9 Å². The SMILES string of the molecule is CCOC(=O)C(C=Nc1nc(F)c(F)c(NC(C)(C)C)c1F)C(=O)c1cc(F)c(F)c(Cl)c1F. The van der Waals surface area contributed by atoms with Crippen molar-refractivity contribution in [2.45, 2.75) is 33.2 Å². The number of aliphatic imine (C=N–C) groups is 1. The predicted octanol–water partition coefficient (Wildman–Crippen LogP) is 5.54. The smallest absolute Gasteiger partial charge is 0.322 e. The van der Waals surface area contributed by atoms with Gasteiger partial charge < -0.3 is 10.1 Å². The molecule has 0 aliphatic heterocycles. The standard InChI is InChI=1S/C21H18ClF6N3O3/c1-5-34-20(33)9(17(32)8-6-10(23)13(25)11(22)12(8)24)7-29-19-15(27)16(31-21(2,3)4)14(26)18(28)30-19/h6-7,9H,5H2,1-4H3,(H,30,31). The second-order valence-corrected chi connectivity index (χ2v) is 8.20. The number of ether oxygens (including phenoxy) is 1. The molecule has 2 aromatic rings. The van der Waals surface area contributed by atoms with E-state index >= 15 is 0 Å². The molecule has 1 heterocycles. The highest BCUT2D eigenvalue weighted by Gasteiger charge is 2.32. The summed E-state index contributed by atoms with van der Waals surface area (Å²) in [5, 5.41) is 1.06. The van der Waals surface area contributed by atoms with Gasteiger partial charge >= 0.3 is 5.97 Å². The van der Waals surface area contributed by atoms with Crippen LogP contribution in [0.1, 0.15) is 38.1 Å². The first-order chi connectivity index (χ1) is 15.7. The van der Waals surface area contributed by atoms with Crippen molar-refractivity contribution in [2.24, 2.45) is 10.9 Å². The van der Waals surface area contributed by atoms with Crippen LogP contribution in [-0.4, -0.2) is 35.1 Å². The molecule has 0 bridgehead atoms. The van der Waals surface area contributed by atoms with E-state index in [1.54, 1.807) is 0 Å². The molecule has 34 heavy (non-hydrogen) atoms. The van der Waals surface area contributed by atoms with Crippen molar-refractivity contribution in [3.63, 3.8) is 0 Å². The number of benzene rings is 1. The van der Waals surface area contributed by atoms with Crippen molar-refractivity contribution < 1.29 is 40.7 Å². The number of carbonyl (C=O) groups excluding carboxylic acids is 2. The van der Waals surface area contributed by atoms with Gasteiger partial charge in [-0.25, -0.2) is 22.6 Å². The van der Waals surface area contributed by atoms with Crippen LogP contribution in [0.15, 0.2) is 11.1 Å². The van der Waals surface area contributed by atoms with Crippen LogP contribution in [0, 0.1) is 41.0 Å². The Morgan fingerprint density at radius 1 is 1.12 bits per heavy atom. The molecule has 0 saturated heterocycles. The van der Waals surface area contributed by atoms with Crippen LogP contribution in [0.25, 0.3) is 0 Å². The minimum absolute atomic E-state index is 0.167. The fourth-order valence-electron chi connectivity index (χ4n) is 2.61. The molecule has 1 atom stereocenters. The van der Waals surface area contributed by atoms with Gasteiger partial charge in [-0.1, -0.05) is 11.6 Å². The van der Waals surface area contributed by atoms with E-state index in [0.29, 0.717) is 6.21 Å². The lowest BCUT2D eigenvalue weighted by atomic mass is 9.97. The third kappa shape index (κ3) is 5.85. The lowest BCUT2D eigenvalue weighted by molar-refractivity contribution is -0.143. The lowest BCUT2D eigenvalue weighted by Gasteiger charge is -2.23. The fraction of sp³-hybridized carbons (Fsp3) is 0.333. The van der Waals surface area contributed by atoms with Crippen LogP contribution in [0.4, 0.5) is 37.8 Å². The first-order valence-corrected chi connectivity index (χ1v) is 9.98. The Kier molecular flexibility index (Phi) is 8.30. The van der Waals surface area contributed by atoms with Crippen LogP contribution < -0.4 is 5.32 Å². The molecular weight excluding hydrogens is 492 g/mol. The Bertz CT molecular complexity index is 1170. The van der Waals surface area contributed by atoms with E-state index in [1.165, 1.54) is 27.7 Å². The van der Waals surface area contributed by atoms with Gasteiger partial charge in [0.25, 0.3) is 5.95 Å². The number of nitrogens with zero attached hydrogens (tertiary/aromatic N) is 2. The molecule has 1 aromatic carbocycles. The van der Waals surface area contributed by atoms with Crippen LogP contribution in [0.5, 0.6) is 0 Å². The minimum Gasteiger partial charge on any atom is -0.465 e. The summed E-state index contributed by atoms with van der Waals surface area (Å²) in [5.41, 5.74) is -2.95. The van der Waals surface area contributed by atoms with Crippen LogP contribution in [0.2, 0.25) is 5.02 Å². The minimum atomic E-state index is -2.12. The zero-order chi connectivity index (χ0) is 26.0. The molecule has 0 radical (unpaired) electrons. The number of hydrogen-bond donors (Lipinski definition) is 1. The maximum atomic E-state index is 14.8. The first kappa shape index (κ1) is 27.1. The Labute approximate surface area is 195 Å². The van der Waals surface area contributed by atoms with E-state index in [1.807, 2.05) is 0 Å². The van der Waals surface area contributed by atoms with E-state index in [4.69, 9.17) is 11.6 Å². The number of ketones is 1. The molecule has 0 fully saturated rings. The number of esters is 1. The van der Waals surface area contributed by atoms with Crippen molar-refractivity contribution >= 4 is 41.1 Å². The van der Waals surface area contributed by atoms with Crippen molar-refractivity contribution in [2.75, 3.05) is 11.9 Å². The Morgan fingerprint density at radius 3 is 2.29 bits per heavy atom. The highest BCUT2D eigenvalue weighted by Crippen LogP contribution is 2.30. The zero-order valence-electron chi connectivity index (χ0n) is 18.2. The molecule has 1 N–H and O–H groups in total.